The van der Waals surface area contributed by atoms with Crippen LogP contribution in [0.15, 0.2) is 34.1 Å². The van der Waals surface area contributed by atoms with Crippen molar-refractivity contribution in [2.24, 2.45) is 5.92 Å². The summed E-state index contributed by atoms with van der Waals surface area (Å²) in [6.07, 6.45) is 1.86. The molecule has 0 aromatic heterocycles. The fraction of sp³-hybridized carbons (Fsp3) is 0.600. The topological polar surface area (TPSA) is 83.5 Å². The van der Waals surface area contributed by atoms with Crippen molar-refractivity contribution in [3.05, 3.63) is 24.3 Å². The lowest BCUT2D eigenvalue weighted by Gasteiger charge is -2.31. The second kappa shape index (κ2) is 8.62. The van der Waals surface area contributed by atoms with E-state index in [1.165, 1.54) is 28.6 Å². The Morgan fingerprint density at radius 1 is 1.12 bits per heavy atom. The summed E-state index contributed by atoms with van der Waals surface area (Å²) < 4.78 is 50.6. The Hall–Kier alpha value is -0.670. The molecule has 138 valence electrons. The molecule has 9 heteroatoms. The van der Waals surface area contributed by atoms with Crippen molar-refractivity contribution in [1.82, 2.24) is 9.62 Å². The summed E-state index contributed by atoms with van der Waals surface area (Å²) >= 11 is 0. The first-order chi connectivity index (χ1) is 10.8. The molecule has 1 fully saturated rings. The number of sulfone groups is 1. The van der Waals surface area contributed by atoms with Gasteiger partial charge in [-0.15, -0.1) is 12.4 Å². The second-order valence-electron chi connectivity index (χ2n) is 5.80. The smallest absolute Gasteiger partial charge is 0.243 e. The molecule has 1 N–H and O–H groups in total. The lowest BCUT2D eigenvalue weighted by Crippen LogP contribution is -2.42. The summed E-state index contributed by atoms with van der Waals surface area (Å²) in [5.41, 5.74) is 0. The van der Waals surface area contributed by atoms with Crippen LogP contribution in [0.4, 0.5) is 0 Å². The predicted octanol–water partition coefficient (Wildman–Crippen LogP) is 1.52. The van der Waals surface area contributed by atoms with E-state index in [1.807, 2.05) is 7.05 Å². The first kappa shape index (κ1) is 21.4. The molecule has 1 aliphatic heterocycles. The third kappa shape index (κ3) is 4.70. The highest BCUT2D eigenvalue weighted by Crippen LogP contribution is 2.24. The molecule has 0 bridgehead atoms. The fourth-order valence-corrected chi connectivity index (χ4v) is 5.27. The molecule has 6 nitrogen and oxygen atoms in total. The minimum Gasteiger partial charge on any atom is -0.319 e. The van der Waals surface area contributed by atoms with E-state index in [4.69, 9.17) is 0 Å². The Morgan fingerprint density at radius 2 is 1.71 bits per heavy atom. The monoisotopic (exact) mass is 396 g/mol. The van der Waals surface area contributed by atoms with Gasteiger partial charge in [0.1, 0.15) is 0 Å². The number of halogens is 1. The number of benzene rings is 1. The molecule has 2 rings (SSSR count). The molecule has 0 spiro atoms. The van der Waals surface area contributed by atoms with Gasteiger partial charge in [-0.2, -0.15) is 4.31 Å². The maximum Gasteiger partial charge on any atom is 0.243 e. The molecular formula is C15H25ClN2O4S2. The molecule has 0 saturated carbocycles. The van der Waals surface area contributed by atoms with Gasteiger partial charge in [-0.25, -0.2) is 16.8 Å². The number of piperidine rings is 1. The summed E-state index contributed by atoms with van der Waals surface area (Å²) in [6.45, 7) is 3.37. The summed E-state index contributed by atoms with van der Waals surface area (Å²) in [5, 5.41) is 3.09. The summed E-state index contributed by atoms with van der Waals surface area (Å²) in [5.74, 6) is 0.306. The van der Waals surface area contributed by atoms with Crippen LogP contribution in [0.5, 0.6) is 0 Å². The highest BCUT2D eigenvalue weighted by Gasteiger charge is 2.30. The number of sulfonamides is 1. The molecule has 1 saturated heterocycles. The van der Waals surface area contributed by atoms with Gasteiger partial charge in [0.25, 0.3) is 0 Å². The van der Waals surface area contributed by atoms with Gasteiger partial charge in [-0.3, -0.25) is 0 Å². The largest absolute Gasteiger partial charge is 0.319 e. The molecule has 1 unspecified atom stereocenters. The third-order valence-corrected chi connectivity index (χ3v) is 7.81. The van der Waals surface area contributed by atoms with Gasteiger partial charge in [0.05, 0.1) is 15.5 Å². The van der Waals surface area contributed by atoms with Crippen molar-refractivity contribution in [1.29, 1.82) is 0 Å². The summed E-state index contributed by atoms with van der Waals surface area (Å²) in [7, 11) is -5.03. The van der Waals surface area contributed by atoms with E-state index < -0.39 is 19.9 Å². The molecule has 1 heterocycles. The van der Waals surface area contributed by atoms with Gasteiger partial charge in [-0.05, 0) is 56.6 Å². The van der Waals surface area contributed by atoms with E-state index in [9.17, 15) is 16.8 Å². The Labute approximate surface area is 151 Å². The Morgan fingerprint density at radius 3 is 2.25 bits per heavy atom. The highest BCUT2D eigenvalue weighted by molar-refractivity contribution is 7.91. The van der Waals surface area contributed by atoms with Gasteiger partial charge < -0.3 is 5.32 Å². The molecular weight excluding hydrogens is 372 g/mol. The highest BCUT2D eigenvalue weighted by atomic mass is 35.5. The van der Waals surface area contributed by atoms with E-state index in [-0.39, 0.29) is 28.0 Å². The van der Waals surface area contributed by atoms with E-state index in [1.54, 1.807) is 6.92 Å². The fourth-order valence-electron chi connectivity index (χ4n) is 2.84. The molecule has 24 heavy (non-hydrogen) atoms. The Bertz CT molecular complexity index is 731. The SMILES string of the molecule is CCS(=O)(=O)c1ccc(S(=O)(=O)N2CCCC(CNC)C2)cc1.Cl. The van der Waals surface area contributed by atoms with Crippen molar-refractivity contribution in [2.45, 2.75) is 29.6 Å². The first-order valence-corrected chi connectivity index (χ1v) is 10.9. The summed E-state index contributed by atoms with van der Waals surface area (Å²) in [6, 6.07) is 5.53. The lowest BCUT2D eigenvalue weighted by atomic mass is 10.00. The quantitative estimate of drug-likeness (QED) is 0.788. The summed E-state index contributed by atoms with van der Waals surface area (Å²) in [4.78, 5) is 0.309. The van der Waals surface area contributed by atoms with Crippen LogP contribution in [-0.4, -0.2) is 53.6 Å². The predicted molar refractivity (Wildman–Crippen MR) is 96.8 cm³/mol. The van der Waals surface area contributed by atoms with Crippen molar-refractivity contribution in [3.63, 3.8) is 0 Å². The maximum atomic E-state index is 12.7. The average molecular weight is 397 g/mol. The van der Waals surface area contributed by atoms with E-state index in [0.29, 0.717) is 19.0 Å². The number of rotatable bonds is 6. The van der Waals surface area contributed by atoms with E-state index >= 15 is 0 Å². The van der Waals surface area contributed by atoms with Crippen LogP contribution < -0.4 is 5.32 Å². The zero-order valence-electron chi connectivity index (χ0n) is 13.9. The molecule has 1 aromatic rings. The molecule has 0 radical (unpaired) electrons. The average Bonchev–Trinajstić information content (AvgIpc) is 2.55. The second-order valence-corrected chi connectivity index (χ2v) is 10.0. The minimum absolute atomic E-state index is 0. The standard InChI is InChI=1S/C15H24N2O4S2.ClH/c1-3-22(18,19)14-6-8-15(9-7-14)23(20,21)17-10-4-5-13(12-17)11-16-2;/h6-9,13,16H,3-5,10-12H2,1-2H3;1H. The van der Waals surface area contributed by atoms with Gasteiger partial charge in [0, 0.05) is 13.1 Å². The maximum absolute atomic E-state index is 12.7. The van der Waals surface area contributed by atoms with Crippen molar-refractivity contribution >= 4 is 32.3 Å². The van der Waals surface area contributed by atoms with Crippen molar-refractivity contribution in [3.8, 4) is 0 Å². The number of nitrogens with zero attached hydrogens (tertiary/aromatic N) is 1. The van der Waals surface area contributed by atoms with E-state index in [2.05, 4.69) is 5.32 Å². The third-order valence-electron chi connectivity index (χ3n) is 4.18. The van der Waals surface area contributed by atoms with Gasteiger partial charge in [0.2, 0.25) is 10.0 Å². The van der Waals surface area contributed by atoms with Crippen LogP contribution in [-0.2, 0) is 19.9 Å². The van der Waals surface area contributed by atoms with Crippen molar-refractivity contribution < 1.29 is 16.8 Å². The zero-order valence-corrected chi connectivity index (χ0v) is 16.4. The van der Waals surface area contributed by atoms with Crippen LogP contribution >= 0.6 is 12.4 Å². The van der Waals surface area contributed by atoms with Gasteiger partial charge in [0.15, 0.2) is 9.84 Å². The molecule has 0 amide bonds. The number of nitrogens with one attached hydrogen (secondary N) is 1. The molecule has 1 atom stereocenters. The van der Waals surface area contributed by atoms with Crippen LogP contribution in [0.2, 0.25) is 0 Å². The minimum atomic E-state index is -3.57. The van der Waals surface area contributed by atoms with E-state index in [0.717, 1.165) is 19.4 Å². The van der Waals surface area contributed by atoms with Gasteiger partial charge in [-0.1, -0.05) is 6.92 Å². The number of hydrogen-bond acceptors (Lipinski definition) is 5. The molecule has 1 aromatic carbocycles. The zero-order chi connectivity index (χ0) is 17.1. The normalized spacial score (nSPS) is 19.7. The Balaban J connectivity index is 0.00000288. The first-order valence-electron chi connectivity index (χ1n) is 7.79. The van der Waals surface area contributed by atoms with Crippen LogP contribution in [0.25, 0.3) is 0 Å². The molecule has 1 aliphatic rings. The number of hydrogen-bond donors (Lipinski definition) is 1. The van der Waals surface area contributed by atoms with Gasteiger partial charge >= 0.3 is 0 Å². The lowest BCUT2D eigenvalue weighted by molar-refractivity contribution is 0.263. The molecule has 0 aliphatic carbocycles. The van der Waals surface area contributed by atoms with Crippen LogP contribution in [0.1, 0.15) is 19.8 Å². The van der Waals surface area contributed by atoms with Crippen molar-refractivity contribution in [2.75, 3.05) is 32.4 Å². The Kier molecular flexibility index (Phi) is 7.68. The van der Waals surface area contributed by atoms with Crippen LogP contribution in [0.3, 0.4) is 0 Å². The van der Waals surface area contributed by atoms with Crippen LogP contribution in [0, 0.1) is 5.92 Å².